The first-order valence-electron chi connectivity index (χ1n) is 9.51. The Balaban J connectivity index is 1.52. The number of nitrogens with zero attached hydrogens (tertiary/aromatic N) is 3. The molecule has 3 aromatic rings. The van der Waals surface area contributed by atoms with Gasteiger partial charge in [-0.2, -0.15) is 0 Å². The van der Waals surface area contributed by atoms with E-state index in [1.165, 1.54) is 10.7 Å². The number of hydrogen-bond acceptors (Lipinski definition) is 2. The molecule has 1 saturated heterocycles. The fraction of sp³-hybridized carbons (Fsp3) is 0.400. The van der Waals surface area contributed by atoms with E-state index in [-0.39, 0.29) is 5.69 Å². The molecule has 0 unspecified atom stereocenters. The summed E-state index contributed by atoms with van der Waals surface area (Å²) in [4.78, 5) is 20.1. The number of fused-ring (bicyclic) bond motifs is 1. The Bertz CT molecular complexity index is 922. The number of pyridine rings is 1. The Morgan fingerprint density at radius 1 is 1.00 bits per heavy atom. The lowest BCUT2D eigenvalue weighted by molar-refractivity contribution is -0.923. The number of para-hydroxylation sites is 2. The van der Waals surface area contributed by atoms with Crippen molar-refractivity contribution in [2.45, 2.75) is 26.6 Å². The van der Waals surface area contributed by atoms with E-state index in [9.17, 15) is 4.79 Å². The van der Waals surface area contributed by atoms with Crippen LogP contribution in [0.3, 0.4) is 0 Å². The molecule has 1 aliphatic rings. The van der Waals surface area contributed by atoms with Crippen LogP contribution in [-0.2, 0) is 13.2 Å². The number of nitrogens with one attached hydrogen (secondary N) is 2. The number of anilines is 1. The molecule has 0 aliphatic carbocycles. The number of quaternary nitrogens is 1. The lowest BCUT2D eigenvalue weighted by atomic mass is 10.3. The summed E-state index contributed by atoms with van der Waals surface area (Å²) in [5, 5.41) is 0. The van der Waals surface area contributed by atoms with E-state index in [0.29, 0.717) is 0 Å². The molecule has 3 heterocycles. The highest BCUT2D eigenvalue weighted by Crippen LogP contribution is 2.12. The average molecular weight is 353 g/mol. The third-order valence-corrected chi connectivity index (χ3v) is 5.26. The summed E-state index contributed by atoms with van der Waals surface area (Å²) in [6.45, 7) is 7.69. The molecule has 2 aromatic heterocycles. The number of hydrogen-bond donors (Lipinski definition) is 1. The van der Waals surface area contributed by atoms with E-state index in [0.717, 1.165) is 56.8 Å². The van der Waals surface area contributed by atoms with Crippen molar-refractivity contribution in [3.05, 3.63) is 59.1 Å². The zero-order valence-corrected chi connectivity index (χ0v) is 15.3. The summed E-state index contributed by atoms with van der Waals surface area (Å²) in [7, 11) is 0. The fourth-order valence-electron chi connectivity index (χ4n) is 3.89. The van der Waals surface area contributed by atoms with Gasteiger partial charge in [0.1, 0.15) is 26.2 Å². The van der Waals surface area contributed by atoms with Gasteiger partial charge in [0, 0.05) is 12.6 Å². The van der Waals surface area contributed by atoms with Crippen LogP contribution in [0.2, 0.25) is 0 Å². The summed E-state index contributed by atoms with van der Waals surface area (Å²) in [6, 6.07) is 14.3. The second kappa shape index (κ2) is 7.33. The van der Waals surface area contributed by atoms with Crippen molar-refractivity contribution in [2.24, 2.45) is 0 Å². The molecule has 6 nitrogen and oxygen atoms in total. The summed E-state index contributed by atoms with van der Waals surface area (Å²) >= 11 is 0. The van der Waals surface area contributed by atoms with Crippen LogP contribution in [-0.4, -0.2) is 35.3 Å². The SMILES string of the molecule is CCCn1c(=O)n(C[NH+]2CCN(c3cccc[nH+]3)CC2)c2ccccc21. The number of imidazole rings is 1. The van der Waals surface area contributed by atoms with Gasteiger partial charge in [-0.25, -0.2) is 14.3 Å². The Labute approximate surface area is 153 Å². The third kappa shape index (κ3) is 3.12. The average Bonchev–Trinajstić information content (AvgIpc) is 2.96. The molecular weight excluding hydrogens is 326 g/mol. The van der Waals surface area contributed by atoms with Crippen LogP contribution in [0, 0.1) is 0 Å². The quantitative estimate of drug-likeness (QED) is 0.721. The van der Waals surface area contributed by atoms with Crippen LogP contribution < -0.4 is 20.5 Å². The number of piperazine rings is 1. The largest absolute Gasteiger partial charge is 0.333 e. The van der Waals surface area contributed by atoms with Crippen LogP contribution in [0.5, 0.6) is 0 Å². The molecule has 4 rings (SSSR count). The summed E-state index contributed by atoms with van der Waals surface area (Å²) in [5.74, 6) is 1.17. The van der Waals surface area contributed by atoms with Crippen molar-refractivity contribution >= 4 is 16.9 Å². The van der Waals surface area contributed by atoms with Crippen LogP contribution in [0.4, 0.5) is 5.82 Å². The van der Waals surface area contributed by atoms with E-state index in [1.807, 2.05) is 33.5 Å². The molecule has 6 heteroatoms. The van der Waals surface area contributed by atoms with Gasteiger partial charge < -0.3 is 4.90 Å². The van der Waals surface area contributed by atoms with Crippen LogP contribution in [0.1, 0.15) is 13.3 Å². The van der Waals surface area contributed by atoms with Gasteiger partial charge in [-0.3, -0.25) is 9.47 Å². The fourth-order valence-corrected chi connectivity index (χ4v) is 3.89. The maximum absolute atomic E-state index is 12.9. The number of benzene rings is 1. The number of aromatic nitrogens is 3. The molecule has 1 fully saturated rings. The monoisotopic (exact) mass is 353 g/mol. The van der Waals surface area contributed by atoms with Crippen LogP contribution in [0.25, 0.3) is 11.0 Å². The van der Waals surface area contributed by atoms with Gasteiger partial charge in [0.2, 0.25) is 0 Å². The Morgan fingerprint density at radius 2 is 1.69 bits per heavy atom. The van der Waals surface area contributed by atoms with Gasteiger partial charge >= 0.3 is 5.69 Å². The minimum Gasteiger partial charge on any atom is -0.311 e. The van der Waals surface area contributed by atoms with Crippen LogP contribution >= 0.6 is 0 Å². The molecule has 2 N–H and O–H groups in total. The first kappa shape index (κ1) is 16.8. The predicted molar refractivity (Wildman–Crippen MR) is 102 cm³/mol. The molecule has 0 bridgehead atoms. The second-order valence-corrected chi connectivity index (χ2v) is 6.99. The molecule has 0 atom stereocenters. The topological polar surface area (TPSA) is 48.8 Å². The minimum atomic E-state index is 0.124. The smallest absolute Gasteiger partial charge is 0.311 e. The minimum absolute atomic E-state index is 0.124. The van der Waals surface area contributed by atoms with E-state index in [1.54, 1.807) is 0 Å². The van der Waals surface area contributed by atoms with Crippen molar-refractivity contribution in [1.82, 2.24) is 9.13 Å². The van der Waals surface area contributed by atoms with E-state index in [4.69, 9.17) is 0 Å². The molecule has 0 spiro atoms. The van der Waals surface area contributed by atoms with Crippen LogP contribution in [0.15, 0.2) is 53.5 Å². The molecule has 26 heavy (non-hydrogen) atoms. The highest BCUT2D eigenvalue weighted by molar-refractivity contribution is 5.75. The lowest BCUT2D eigenvalue weighted by Gasteiger charge is -2.28. The third-order valence-electron chi connectivity index (χ3n) is 5.26. The van der Waals surface area contributed by atoms with Crippen molar-refractivity contribution < 1.29 is 9.88 Å². The maximum Gasteiger partial charge on any atom is 0.333 e. The molecular formula is C20H27N5O+2. The number of aryl methyl sites for hydroxylation is 1. The van der Waals surface area contributed by atoms with Crippen molar-refractivity contribution in [3.8, 4) is 0 Å². The number of aromatic amines is 1. The zero-order chi connectivity index (χ0) is 17.9. The van der Waals surface area contributed by atoms with Gasteiger partial charge in [-0.1, -0.05) is 25.1 Å². The zero-order valence-electron chi connectivity index (χ0n) is 15.3. The number of H-pyrrole nitrogens is 1. The molecule has 0 amide bonds. The van der Waals surface area contributed by atoms with Gasteiger partial charge in [-0.15, -0.1) is 0 Å². The van der Waals surface area contributed by atoms with Crippen molar-refractivity contribution in [3.63, 3.8) is 0 Å². The van der Waals surface area contributed by atoms with E-state index in [2.05, 4.69) is 41.1 Å². The highest BCUT2D eigenvalue weighted by Gasteiger charge is 2.27. The highest BCUT2D eigenvalue weighted by atomic mass is 16.1. The summed E-state index contributed by atoms with van der Waals surface area (Å²) in [6.07, 6.45) is 2.93. The molecule has 0 saturated carbocycles. The van der Waals surface area contributed by atoms with Gasteiger partial charge in [0.25, 0.3) is 5.82 Å². The summed E-state index contributed by atoms with van der Waals surface area (Å²) < 4.78 is 3.88. The maximum atomic E-state index is 12.9. The first-order chi connectivity index (χ1) is 12.8. The first-order valence-corrected chi connectivity index (χ1v) is 9.51. The summed E-state index contributed by atoms with van der Waals surface area (Å²) in [5.41, 5.74) is 2.23. The van der Waals surface area contributed by atoms with E-state index >= 15 is 0 Å². The van der Waals surface area contributed by atoms with Gasteiger partial charge in [-0.05, 0) is 24.6 Å². The normalized spacial score (nSPS) is 15.7. The predicted octanol–water partition coefficient (Wildman–Crippen LogP) is 0.390. The Hall–Kier alpha value is -2.60. The molecule has 136 valence electrons. The Morgan fingerprint density at radius 3 is 2.35 bits per heavy atom. The van der Waals surface area contributed by atoms with Crippen molar-refractivity contribution in [2.75, 3.05) is 31.1 Å². The van der Waals surface area contributed by atoms with Gasteiger partial charge in [0.05, 0.1) is 17.2 Å². The number of rotatable bonds is 5. The lowest BCUT2D eigenvalue weighted by Crippen LogP contribution is -3.14. The van der Waals surface area contributed by atoms with E-state index < -0.39 is 0 Å². The molecule has 0 radical (unpaired) electrons. The molecule has 1 aromatic carbocycles. The standard InChI is InChI=1S/C20H25N5O/c1-2-11-24-17-7-3-4-8-18(17)25(20(24)26)16-22-12-14-23(15-13-22)19-9-5-6-10-21-19/h3-10H,2,11-16H2,1H3/p+2. The molecule has 1 aliphatic heterocycles. The van der Waals surface area contributed by atoms with Gasteiger partial charge in [0.15, 0.2) is 6.67 Å². The van der Waals surface area contributed by atoms with Crippen molar-refractivity contribution in [1.29, 1.82) is 0 Å². The second-order valence-electron chi connectivity index (χ2n) is 6.99. The Kier molecular flexibility index (Phi) is 4.75.